The number of rotatable bonds is 6. The Morgan fingerprint density at radius 2 is 2.08 bits per heavy atom. The molecule has 1 aromatic rings. The van der Waals surface area contributed by atoms with Crippen molar-refractivity contribution in [2.45, 2.75) is 64.0 Å². The van der Waals surface area contributed by atoms with Gasteiger partial charge in [-0.2, -0.15) is 5.10 Å². The molecule has 0 unspecified atom stereocenters. The van der Waals surface area contributed by atoms with Crippen LogP contribution < -0.4 is 5.32 Å². The standard InChI is InChI=1S/C19H34N4O/c1-18(2)19(9-12-24-18)7-5-15(6-8-19)17-16(13-21-22-17)14-23(4)11-10-20-3/h13,15,20H,5-12,14H2,1-4H3,(H,21,22)/t15-,19+. The van der Waals surface area contributed by atoms with Crippen molar-refractivity contribution in [3.05, 3.63) is 17.5 Å². The number of likely N-dealkylation sites (N-methyl/N-ethyl adjacent to an activating group) is 2. The Hall–Kier alpha value is -0.910. The van der Waals surface area contributed by atoms with Crippen molar-refractivity contribution in [3.63, 3.8) is 0 Å². The molecule has 1 spiro atoms. The van der Waals surface area contributed by atoms with E-state index in [1.807, 2.05) is 7.05 Å². The maximum absolute atomic E-state index is 6.04. The number of hydrogen-bond donors (Lipinski definition) is 2. The minimum atomic E-state index is 0.0414. The first-order valence-corrected chi connectivity index (χ1v) is 9.47. The molecule has 2 aliphatic rings. The van der Waals surface area contributed by atoms with Crippen LogP contribution in [0.15, 0.2) is 6.20 Å². The van der Waals surface area contributed by atoms with E-state index < -0.39 is 0 Å². The second kappa shape index (κ2) is 7.14. The van der Waals surface area contributed by atoms with Gasteiger partial charge in [0.15, 0.2) is 0 Å². The fourth-order valence-electron chi connectivity index (χ4n) is 4.73. The monoisotopic (exact) mass is 334 g/mol. The van der Waals surface area contributed by atoms with E-state index in [-0.39, 0.29) is 5.60 Å². The number of nitrogens with zero attached hydrogens (tertiary/aromatic N) is 2. The Kier molecular flexibility index (Phi) is 5.33. The van der Waals surface area contributed by atoms with E-state index >= 15 is 0 Å². The third kappa shape index (κ3) is 3.39. The molecule has 2 heterocycles. The number of aromatic amines is 1. The van der Waals surface area contributed by atoms with Gasteiger partial charge in [-0.3, -0.25) is 5.10 Å². The zero-order valence-electron chi connectivity index (χ0n) is 15.8. The molecule has 0 aromatic carbocycles. The highest BCUT2D eigenvalue weighted by molar-refractivity contribution is 5.22. The van der Waals surface area contributed by atoms with Gasteiger partial charge in [0.1, 0.15) is 0 Å². The molecule has 1 saturated heterocycles. The van der Waals surface area contributed by atoms with Crippen molar-refractivity contribution in [1.82, 2.24) is 20.4 Å². The molecule has 1 aliphatic heterocycles. The lowest BCUT2D eigenvalue weighted by Gasteiger charge is -2.45. The van der Waals surface area contributed by atoms with Crippen molar-refractivity contribution < 1.29 is 4.74 Å². The van der Waals surface area contributed by atoms with E-state index in [1.165, 1.54) is 43.4 Å². The molecule has 0 amide bonds. The second-order valence-electron chi connectivity index (χ2n) is 8.30. The molecule has 1 aromatic heterocycles. The molecule has 0 bridgehead atoms. The highest BCUT2D eigenvalue weighted by Crippen LogP contribution is 2.55. The van der Waals surface area contributed by atoms with Gasteiger partial charge in [0.2, 0.25) is 0 Å². The Balaban J connectivity index is 1.62. The van der Waals surface area contributed by atoms with Gasteiger partial charge in [0.05, 0.1) is 11.3 Å². The maximum atomic E-state index is 6.04. The molecule has 2 N–H and O–H groups in total. The molecular formula is C19H34N4O. The van der Waals surface area contributed by atoms with Crippen LogP contribution in [0.5, 0.6) is 0 Å². The Labute approximate surface area is 146 Å². The first kappa shape index (κ1) is 17.9. The van der Waals surface area contributed by atoms with Gasteiger partial charge in [-0.05, 0) is 60.0 Å². The van der Waals surface area contributed by atoms with Crippen LogP contribution in [0, 0.1) is 5.41 Å². The van der Waals surface area contributed by atoms with Crippen molar-refractivity contribution >= 4 is 0 Å². The lowest BCUT2D eigenvalue weighted by atomic mass is 9.61. The molecule has 5 nitrogen and oxygen atoms in total. The number of ether oxygens (including phenoxy) is 1. The minimum Gasteiger partial charge on any atom is -0.375 e. The van der Waals surface area contributed by atoms with Crippen LogP contribution in [0.3, 0.4) is 0 Å². The third-order valence-electron chi connectivity index (χ3n) is 6.59. The largest absolute Gasteiger partial charge is 0.375 e. The summed E-state index contributed by atoms with van der Waals surface area (Å²) in [5.74, 6) is 0.603. The summed E-state index contributed by atoms with van der Waals surface area (Å²) in [5.41, 5.74) is 3.11. The fraction of sp³-hybridized carbons (Fsp3) is 0.842. The SMILES string of the molecule is CNCCN(C)Cc1c[nH]nc1[C@H]1CC[C@]2(CCOC2(C)C)CC1. The smallest absolute Gasteiger partial charge is 0.0697 e. The first-order valence-electron chi connectivity index (χ1n) is 9.47. The summed E-state index contributed by atoms with van der Waals surface area (Å²) in [6.07, 6.45) is 8.35. The van der Waals surface area contributed by atoms with E-state index in [4.69, 9.17) is 4.74 Å². The van der Waals surface area contributed by atoms with Crippen molar-refractivity contribution in [2.75, 3.05) is 33.8 Å². The van der Waals surface area contributed by atoms with E-state index in [1.54, 1.807) is 0 Å². The Morgan fingerprint density at radius 3 is 2.71 bits per heavy atom. The van der Waals surface area contributed by atoms with Crippen LogP contribution in [-0.4, -0.2) is 54.5 Å². The Bertz CT molecular complexity index is 531. The van der Waals surface area contributed by atoms with Crippen LogP contribution in [0.25, 0.3) is 0 Å². The fourth-order valence-corrected chi connectivity index (χ4v) is 4.73. The molecule has 5 heteroatoms. The van der Waals surface area contributed by atoms with Crippen LogP contribution >= 0.6 is 0 Å². The second-order valence-corrected chi connectivity index (χ2v) is 8.30. The quantitative estimate of drug-likeness (QED) is 0.840. The average Bonchev–Trinajstić information content (AvgIpc) is 3.11. The number of hydrogen-bond acceptors (Lipinski definition) is 4. The molecule has 2 fully saturated rings. The molecule has 0 radical (unpaired) electrons. The summed E-state index contributed by atoms with van der Waals surface area (Å²) in [7, 11) is 4.19. The van der Waals surface area contributed by atoms with Gasteiger partial charge in [0, 0.05) is 49.3 Å². The molecule has 1 saturated carbocycles. The lowest BCUT2D eigenvalue weighted by Crippen LogP contribution is -2.42. The molecule has 1 aliphatic carbocycles. The predicted molar refractivity (Wildman–Crippen MR) is 97.1 cm³/mol. The van der Waals surface area contributed by atoms with Crippen LogP contribution in [-0.2, 0) is 11.3 Å². The van der Waals surface area contributed by atoms with Gasteiger partial charge in [-0.1, -0.05) is 0 Å². The summed E-state index contributed by atoms with van der Waals surface area (Å²) in [6.45, 7) is 8.56. The van der Waals surface area contributed by atoms with Crippen molar-refractivity contribution in [2.24, 2.45) is 5.41 Å². The summed E-state index contributed by atoms with van der Waals surface area (Å²) in [4.78, 5) is 2.36. The lowest BCUT2D eigenvalue weighted by molar-refractivity contribution is -0.0510. The molecule has 136 valence electrons. The highest BCUT2D eigenvalue weighted by Gasteiger charge is 2.51. The van der Waals surface area contributed by atoms with Crippen molar-refractivity contribution in [1.29, 1.82) is 0 Å². The normalized spacial score (nSPS) is 29.6. The Morgan fingerprint density at radius 1 is 1.33 bits per heavy atom. The van der Waals surface area contributed by atoms with Gasteiger partial charge < -0.3 is 15.0 Å². The number of nitrogens with one attached hydrogen (secondary N) is 2. The minimum absolute atomic E-state index is 0.0414. The zero-order valence-corrected chi connectivity index (χ0v) is 15.8. The van der Waals surface area contributed by atoms with Crippen molar-refractivity contribution in [3.8, 4) is 0 Å². The predicted octanol–water partition coefficient (Wildman–Crippen LogP) is 2.90. The molecule has 3 rings (SSSR count). The molecular weight excluding hydrogens is 300 g/mol. The van der Waals surface area contributed by atoms with E-state index in [0.29, 0.717) is 11.3 Å². The highest BCUT2D eigenvalue weighted by atomic mass is 16.5. The average molecular weight is 335 g/mol. The van der Waals surface area contributed by atoms with Crippen LogP contribution in [0.1, 0.15) is 63.1 Å². The molecule has 0 atom stereocenters. The van der Waals surface area contributed by atoms with Crippen LogP contribution in [0.2, 0.25) is 0 Å². The van der Waals surface area contributed by atoms with E-state index in [9.17, 15) is 0 Å². The summed E-state index contributed by atoms with van der Waals surface area (Å²) in [5, 5.41) is 11.0. The summed E-state index contributed by atoms with van der Waals surface area (Å²) in [6, 6.07) is 0. The number of aromatic nitrogens is 2. The van der Waals surface area contributed by atoms with Gasteiger partial charge >= 0.3 is 0 Å². The summed E-state index contributed by atoms with van der Waals surface area (Å²) >= 11 is 0. The van der Waals surface area contributed by atoms with E-state index in [2.05, 4.69) is 47.5 Å². The molecule has 24 heavy (non-hydrogen) atoms. The first-order chi connectivity index (χ1) is 11.5. The third-order valence-corrected chi connectivity index (χ3v) is 6.59. The maximum Gasteiger partial charge on any atom is 0.0697 e. The van der Waals surface area contributed by atoms with Gasteiger partial charge in [0.25, 0.3) is 0 Å². The number of H-pyrrole nitrogens is 1. The summed E-state index contributed by atoms with van der Waals surface area (Å²) < 4.78 is 6.04. The zero-order chi connectivity index (χ0) is 17.2. The van der Waals surface area contributed by atoms with Crippen LogP contribution in [0.4, 0.5) is 0 Å². The topological polar surface area (TPSA) is 53.2 Å². The van der Waals surface area contributed by atoms with Gasteiger partial charge in [-0.25, -0.2) is 0 Å². The van der Waals surface area contributed by atoms with E-state index in [0.717, 1.165) is 26.2 Å². The van der Waals surface area contributed by atoms with Gasteiger partial charge in [-0.15, -0.1) is 0 Å².